The quantitative estimate of drug-likeness (QED) is 0.594. The largest absolute Gasteiger partial charge is 0.496 e. The van der Waals surface area contributed by atoms with E-state index in [4.69, 9.17) is 30.5 Å². The van der Waals surface area contributed by atoms with E-state index >= 15 is 0 Å². The fraction of sp³-hybridized carbons (Fsp3) is 0.333. The third kappa shape index (κ3) is 6.87. The first kappa shape index (κ1) is 22.4. The van der Waals surface area contributed by atoms with Crippen molar-refractivity contribution in [1.29, 1.82) is 0 Å². The lowest BCUT2D eigenvalue weighted by molar-refractivity contribution is -0.147. The molecule has 0 radical (unpaired) electrons. The lowest BCUT2D eigenvalue weighted by Crippen LogP contribution is -2.30. The fourth-order valence-electron chi connectivity index (χ4n) is 2.67. The van der Waals surface area contributed by atoms with Gasteiger partial charge in [-0.1, -0.05) is 17.7 Å². The minimum atomic E-state index is -0.541. The maximum absolute atomic E-state index is 12.0. The Hall–Kier alpha value is -2.93. The van der Waals surface area contributed by atoms with Crippen molar-refractivity contribution >= 4 is 23.5 Å². The summed E-state index contributed by atoms with van der Waals surface area (Å²) in [5.41, 5.74) is 1.58. The second kappa shape index (κ2) is 11.2. The summed E-state index contributed by atoms with van der Waals surface area (Å²) < 4.78 is 20.7. The molecular formula is C21H24ClNO6. The normalized spacial score (nSPS) is 10.2. The van der Waals surface area contributed by atoms with Crippen LogP contribution in [-0.2, 0) is 27.2 Å². The zero-order valence-corrected chi connectivity index (χ0v) is 17.4. The summed E-state index contributed by atoms with van der Waals surface area (Å²) in [5.74, 6) is 0.883. The summed E-state index contributed by atoms with van der Waals surface area (Å²) in [7, 11) is 4.64. The van der Waals surface area contributed by atoms with Gasteiger partial charge in [0.2, 0.25) is 0 Å². The third-order valence-corrected chi connectivity index (χ3v) is 4.36. The predicted molar refractivity (Wildman–Crippen MR) is 109 cm³/mol. The summed E-state index contributed by atoms with van der Waals surface area (Å²) in [6.45, 7) is 0.0433. The molecule has 2 rings (SSSR count). The van der Waals surface area contributed by atoms with Crippen molar-refractivity contribution in [2.24, 2.45) is 0 Å². The molecule has 0 aliphatic heterocycles. The van der Waals surface area contributed by atoms with Crippen LogP contribution in [0.3, 0.4) is 0 Å². The highest BCUT2D eigenvalue weighted by Crippen LogP contribution is 2.27. The number of nitrogens with one attached hydrogen (secondary N) is 1. The maximum atomic E-state index is 12.0. The van der Waals surface area contributed by atoms with Gasteiger partial charge in [-0.15, -0.1) is 0 Å². The molecule has 156 valence electrons. The number of carbonyl (C=O) groups is 2. The minimum absolute atomic E-state index is 0.0390. The van der Waals surface area contributed by atoms with Gasteiger partial charge in [0.25, 0.3) is 5.91 Å². The van der Waals surface area contributed by atoms with Crippen LogP contribution in [0.5, 0.6) is 17.2 Å². The zero-order valence-electron chi connectivity index (χ0n) is 16.6. The van der Waals surface area contributed by atoms with Crippen molar-refractivity contribution in [3.8, 4) is 17.2 Å². The molecule has 29 heavy (non-hydrogen) atoms. The number of methoxy groups -OCH3 is 3. The molecule has 0 heterocycles. The number of esters is 1. The molecule has 2 aromatic rings. The van der Waals surface area contributed by atoms with Gasteiger partial charge in [-0.2, -0.15) is 0 Å². The number of rotatable bonds is 10. The summed E-state index contributed by atoms with van der Waals surface area (Å²) in [6.07, 6.45) is 0.558. The van der Waals surface area contributed by atoms with E-state index < -0.39 is 5.97 Å². The van der Waals surface area contributed by atoms with Gasteiger partial charge >= 0.3 is 5.97 Å². The number of ether oxygens (including phenoxy) is 4. The highest BCUT2D eigenvalue weighted by molar-refractivity contribution is 6.30. The molecule has 2 aromatic carbocycles. The van der Waals surface area contributed by atoms with Crippen LogP contribution in [0.25, 0.3) is 0 Å². The van der Waals surface area contributed by atoms with Crippen LogP contribution < -0.4 is 19.5 Å². The van der Waals surface area contributed by atoms with Crippen LogP contribution in [0, 0.1) is 0 Å². The summed E-state index contributed by atoms with van der Waals surface area (Å²) in [6, 6.07) is 10.5. The smallest absolute Gasteiger partial charge is 0.310 e. The molecule has 7 nitrogen and oxygen atoms in total. The van der Waals surface area contributed by atoms with E-state index in [1.54, 1.807) is 32.4 Å². The minimum Gasteiger partial charge on any atom is -0.496 e. The summed E-state index contributed by atoms with van der Waals surface area (Å²) >= 11 is 5.94. The Kier molecular flexibility index (Phi) is 8.61. The van der Waals surface area contributed by atoms with Gasteiger partial charge in [0.1, 0.15) is 5.75 Å². The molecule has 1 N–H and O–H groups in total. The Bertz CT molecular complexity index is 855. The molecule has 0 aliphatic carbocycles. The van der Waals surface area contributed by atoms with E-state index in [1.807, 2.05) is 18.2 Å². The van der Waals surface area contributed by atoms with Crippen molar-refractivity contribution < 1.29 is 28.5 Å². The first-order valence-corrected chi connectivity index (χ1v) is 9.30. The first-order chi connectivity index (χ1) is 14.0. The van der Waals surface area contributed by atoms with Crippen molar-refractivity contribution in [2.75, 3.05) is 34.5 Å². The second-order valence-electron chi connectivity index (χ2n) is 6.08. The van der Waals surface area contributed by atoms with Crippen LogP contribution in [0.4, 0.5) is 0 Å². The fourth-order valence-corrected chi connectivity index (χ4v) is 2.87. The number of hydrogen-bond donors (Lipinski definition) is 1. The van der Waals surface area contributed by atoms with Crippen molar-refractivity contribution in [2.45, 2.75) is 12.8 Å². The Morgan fingerprint density at radius 2 is 1.62 bits per heavy atom. The van der Waals surface area contributed by atoms with Gasteiger partial charge in [-0.05, 0) is 42.3 Å². The van der Waals surface area contributed by atoms with Crippen molar-refractivity contribution in [3.05, 3.63) is 52.5 Å². The van der Waals surface area contributed by atoms with E-state index in [2.05, 4.69) is 5.32 Å². The van der Waals surface area contributed by atoms with E-state index in [9.17, 15) is 9.59 Å². The summed E-state index contributed by atoms with van der Waals surface area (Å²) in [4.78, 5) is 23.9. The molecule has 0 saturated carbocycles. The van der Waals surface area contributed by atoms with E-state index in [0.717, 1.165) is 5.56 Å². The first-order valence-electron chi connectivity index (χ1n) is 8.92. The SMILES string of the molecule is COc1ccc(Cl)cc1CC(=O)OCC(=O)NCCc1ccc(OC)c(OC)c1. The van der Waals surface area contributed by atoms with Crippen molar-refractivity contribution in [3.63, 3.8) is 0 Å². The number of benzene rings is 2. The van der Waals surface area contributed by atoms with Crippen molar-refractivity contribution in [1.82, 2.24) is 5.32 Å². The molecule has 8 heteroatoms. The van der Waals surface area contributed by atoms with Crippen LogP contribution in [-0.4, -0.2) is 46.4 Å². The Morgan fingerprint density at radius 1 is 0.931 bits per heavy atom. The molecule has 1 amide bonds. The number of hydrogen-bond acceptors (Lipinski definition) is 6. The van der Waals surface area contributed by atoms with Crippen LogP contribution in [0.15, 0.2) is 36.4 Å². The zero-order chi connectivity index (χ0) is 21.2. The molecule has 0 fully saturated rings. The second-order valence-corrected chi connectivity index (χ2v) is 6.52. The molecule has 0 aliphatic rings. The molecule has 0 bridgehead atoms. The predicted octanol–water partition coefficient (Wildman–Crippen LogP) is 2.81. The molecule has 0 unspecified atom stereocenters. The van der Waals surface area contributed by atoms with Gasteiger partial charge in [-0.3, -0.25) is 9.59 Å². The number of halogens is 1. The monoisotopic (exact) mass is 421 g/mol. The Labute approximate surface area is 174 Å². The lowest BCUT2D eigenvalue weighted by Gasteiger charge is -2.11. The molecule has 0 aromatic heterocycles. The highest BCUT2D eigenvalue weighted by Gasteiger charge is 2.12. The third-order valence-electron chi connectivity index (χ3n) is 4.13. The number of amides is 1. The lowest BCUT2D eigenvalue weighted by atomic mass is 10.1. The van der Waals surface area contributed by atoms with Crippen LogP contribution in [0.2, 0.25) is 5.02 Å². The van der Waals surface area contributed by atoms with E-state index in [-0.39, 0.29) is 18.9 Å². The van der Waals surface area contributed by atoms with Crippen LogP contribution in [0.1, 0.15) is 11.1 Å². The molecule has 0 atom stereocenters. The Morgan fingerprint density at radius 3 is 2.31 bits per heavy atom. The van der Waals surface area contributed by atoms with E-state index in [0.29, 0.717) is 40.8 Å². The molecular weight excluding hydrogens is 398 g/mol. The van der Waals surface area contributed by atoms with E-state index in [1.165, 1.54) is 7.11 Å². The average Bonchev–Trinajstić information content (AvgIpc) is 2.72. The van der Waals surface area contributed by atoms with Gasteiger partial charge < -0.3 is 24.3 Å². The Balaban J connectivity index is 1.76. The average molecular weight is 422 g/mol. The topological polar surface area (TPSA) is 83.1 Å². The standard InChI is InChI=1S/C21H24ClNO6/c1-26-17-7-5-16(22)11-15(17)12-21(25)29-13-20(24)23-9-8-14-4-6-18(27-2)19(10-14)28-3/h4-7,10-11H,8-9,12-13H2,1-3H3,(H,23,24). The number of carbonyl (C=O) groups excluding carboxylic acids is 2. The highest BCUT2D eigenvalue weighted by atomic mass is 35.5. The molecule has 0 spiro atoms. The maximum Gasteiger partial charge on any atom is 0.310 e. The van der Waals surface area contributed by atoms with Gasteiger partial charge in [-0.25, -0.2) is 0 Å². The van der Waals surface area contributed by atoms with Gasteiger partial charge in [0.15, 0.2) is 18.1 Å². The van der Waals surface area contributed by atoms with Gasteiger partial charge in [0.05, 0.1) is 27.8 Å². The summed E-state index contributed by atoms with van der Waals surface area (Å²) in [5, 5.41) is 3.20. The van der Waals surface area contributed by atoms with Gasteiger partial charge in [0, 0.05) is 17.1 Å². The molecule has 0 saturated heterocycles. The van der Waals surface area contributed by atoms with Crippen LogP contribution >= 0.6 is 11.6 Å².